The van der Waals surface area contributed by atoms with Gasteiger partial charge in [-0.25, -0.2) is 4.98 Å². The summed E-state index contributed by atoms with van der Waals surface area (Å²) in [5, 5.41) is 3.20. The number of amides is 1. The molecule has 0 aliphatic carbocycles. The van der Waals surface area contributed by atoms with E-state index in [1.807, 2.05) is 54.6 Å². The van der Waals surface area contributed by atoms with Crippen LogP contribution >= 0.6 is 0 Å². The Morgan fingerprint density at radius 1 is 0.897 bits per heavy atom. The second kappa shape index (κ2) is 5.99. The van der Waals surface area contributed by atoms with Crippen LogP contribution in [-0.4, -0.2) is 46.5 Å². The number of fused-ring (bicyclic) bond motifs is 5. The molecule has 6 rings (SSSR count). The standard InChI is InChI=1S/C23H17N3O3/c27-22-16-7-2-1-6-15(16)20-21-17(14-5-3-4-8-19(14)26(21)22)13-18(24-20)23(28)25-9-11-29-12-10-25/h1-8,13H,9-12H2. The zero-order valence-corrected chi connectivity index (χ0v) is 15.6. The van der Waals surface area contributed by atoms with Crippen LogP contribution in [0.15, 0.2) is 59.4 Å². The summed E-state index contributed by atoms with van der Waals surface area (Å²) in [6, 6.07) is 17.1. The first-order valence-corrected chi connectivity index (χ1v) is 9.69. The molecule has 0 radical (unpaired) electrons. The summed E-state index contributed by atoms with van der Waals surface area (Å²) in [7, 11) is 0. The summed E-state index contributed by atoms with van der Waals surface area (Å²) < 4.78 is 7.11. The van der Waals surface area contributed by atoms with E-state index in [9.17, 15) is 9.59 Å². The molecule has 3 aromatic heterocycles. The van der Waals surface area contributed by atoms with Crippen molar-refractivity contribution in [2.24, 2.45) is 0 Å². The third-order valence-corrected chi connectivity index (χ3v) is 5.78. The fourth-order valence-electron chi connectivity index (χ4n) is 4.42. The molecular formula is C23H17N3O3. The molecular weight excluding hydrogens is 366 g/mol. The van der Waals surface area contributed by atoms with E-state index in [-0.39, 0.29) is 11.5 Å². The topological polar surface area (TPSA) is 63.9 Å². The molecule has 0 atom stereocenters. The highest BCUT2D eigenvalue weighted by Gasteiger charge is 2.24. The summed E-state index contributed by atoms with van der Waals surface area (Å²) in [4.78, 5) is 33.0. The van der Waals surface area contributed by atoms with Crippen molar-refractivity contribution in [1.29, 1.82) is 0 Å². The molecule has 6 nitrogen and oxygen atoms in total. The van der Waals surface area contributed by atoms with Crippen molar-refractivity contribution in [2.75, 3.05) is 26.3 Å². The molecule has 5 aromatic rings. The summed E-state index contributed by atoms with van der Waals surface area (Å²) in [5.74, 6) is -0.0994. The van der Waals surface area contributed by atoms with Crippen molar-refractivity contribution < 1.29 is 9.53 Å². The molecule has 1 aliphatic heterocycles. The predicted octanol–water partition coefficient (Wildman–Crippen LogP) is 3.06. The van der Waals surface area contributed by atoms with Gasteiger partial charge in [0, 0.05) is 34.6 Å². The van der Waals surface area contributed by atoms with Crippen LogP contribution in [0.2, 0.25) is 0 Å². The van der Waals surface area contributed by atoms with E-state index in [0.717, 1.165) is 27.2 Å². The molecule has 0 spiro atoms. The first kappa shape index (κ1) is 16.4. The van der Waals surface area contributed by atoms with Crippen LogP contribution in [0.25, 0.3) is 38.1 Å². The van der Waals surface area contributed by atoms with Crippen molar-refractivity contribution in [2.45, 2.75) is 0 Å². The van der Waals surface area contributed by atoms with E-state index in [1.54, 1.807) is 9.30 Å². The van der Waals surface area contributed by atoms with Gasteiger partial charge in [0.25, 0.3) is 11.5 Å². The number of aromatic nitrogens is 2. The first-order chi connectivity index (χ1) is 14.2. The lowest BCUT2D eigenvalue weighted by Crippen LogP contribution is -2.41. The van der Waals surface area contributed by atoms with E-state index in [2.05, 4.69) is 0 Å². The molecule has 1 aliphatic rings. The van der Waals surface area contributed by atoms with E-state index in [0.29, 0.717) is 42.9 Å². The lowest BCUT2D eigenvalue weighted by molar-refractivity contribution is 0.0299. The van der Waals surface area contributed by atoms with Gasteiger partial charge in [0.1, 0.15) is 5.69 Å². The molecule has 29 heavy (non-hydrogen) atoms. The second-order valence-electron chi connectivity index (χ2n) is 7.36. The quantitative estimate of drug-likeness (QED) is 0.418. The number of rotatable bonds is 1. The number of ether oxygens (including phenoxy) is 1. The Balaban J connectivity index is 1.77. The van der Waals surface area contributed by atoms with E-state index in [4.69, 9.17) is 9.72 Å². The van der Waals surface area contributed by atoms with Gasteiger partial charge in [-0.3, -0.25) is 14.0 Å². The maximum absolute atomic E-state index is 13.3. The van der Waals surface area contributed by atoms with E-state index >= 15 is 0 Å². The Hall–Kier alpha value is -3.51. The van der Waals surface area contributed by atoms with Gasteiger partial charge in [-0.2, -0.15) is 0 Å². The van der Waals surface area contributed by atoms with Crippen LogP contribution in [0.4, 0.5) is 0 Å². The minimum absolute atomic E-state index is 0.0617. The van der Waals surface area contributed by atoms with Crippen molar-refractivity contribution >= 4 is 44.0 Å². The smallest absolute Gasteiger partial charge is 0.272 e. The normalized spacial score (nSPS) is 15.1. The Kier molecular flexibility index (Phi) is 3.40. The number of morpholine rings is 1. The summed E-state index contributed by atoms with van der Waals surface area (Å²) >= 11 is 0. The number of carbonyl (C=O) groups excluding carboxylic acids is 1. The monoisotopic (exact) mass is 383 g/mol. The molecule has 0 bridgehead atoms. The zero-order chi connectivity index (χ0) is 19.5. The van der Waals surface area contributed by atoms with Gasteiger partial charge in [0.05, 0.1) is 29.8 Å². The van der Waals surface area contributed by atoms with Gasteiger partial charge < -0.3 is 9.64 Å². The highest BCUT2D eigenvalue weighted by atomic mass is 16.5. The lowest BCUT2D eigenvalue weighted by atomic mass is 10.1. The van der Waals surface area contributed by atoms with E-state index in [1.165, 1.54) is 0 Å². The van der Waals surface area contributed by atoms with Crippen molar-refractivity contribution in [1.82, 2.24) is 14.3 Å². The molecule has 1 amide bonds. The van der Waals surface area contributed by atoms with E-state index < -0.39 is 0 Å². The third-order valence-electron chi connectivity index (χ3n) is 5.78. The minimum Gasteiger partial charge on any atom is -0.378 e. The van der Waals surface area contributed by atoms with Crippen LogP contribution in [0, 0.1) is 0 Å². The van der Waals surface area contributed by atoms with Gasteiger partial charge in [-0.1, -0.05) is 36.4 Å². The molecule has 1 fully saturated rings. The predicted molar refractivity (Wildman–Crippen MR) is 112 cm³/mol. The molecule has 0 saturated carbocycles. The average molecular weight is 383 g/mol. The number of hydrogen-bond donors (Lipinski definition) is 0. The number of para-hydroxylation sites is 1. The van der Waals surface area contributed by atoms with Gasteiger partial charge in [0.2, 0.25) is 0 Å². The van der Waals surface area contributed by atoms with Crippen LogP contribution in [0.5, 0.6) is 0 Å². The Labute approximate surface area is 165 Å². The second-order valence-corrected chi connectivity index (χ2v) is 7.36. The molecule has 4 heterocycles. The molecule has 142 valence electrons. The number of pyridine rings is 2. The molecule has 0 N–H and O–H groups in total. The largest absolute Gasteiger partial charge is 0.378 e. The minimum atomic E-state index is -0.0994. The number of carbonyl (C=O) groups is 1. The van der Waals surface area contributed by atoms with Crippen LogP contribution in [0.3, 0.4) is 0 Å². The number of benzene rings is 2. The van der Waals surface area contributed by atoms with Crippen LogP contribution in [-0.2, 0) is 4.74 Å². The van der Waals surface area contributed by atoms with Gasteiger partial charge in [-0.05, 0) is 18.2 Å². The fourth-order valence-corrected chi connectivity index (χ4v) is 4.42. The highest BCUT2D eigenvalue weighted by molar-refractivity contribution is 6.20. The van der Waals surface area contributed by atoms with Gasteiger partial charge >= 0.3 is 0 Å². The molecule has 2 aromatic carbocycles. The average Bonchev–Trinajstić information content (AvgIpc) is 3.12. The van der Waals surface area contributed by atoms with Crippen molar-refractivity contribution in [3.63, 3.8) is 0 Å². The van der Waals surface area contributed by atoms with Crippen LogP contribution in [0.1, 0.15) is 10.5 Å². The highest BCUT2D eigenvalue weighted by Crippen LogP contribution is 2.33. The fraction of sp³-hybridized carbons (Fsp3) is 0.174. The Morgan fingerprint density at radius 3 is 2.38 bits per heavy atom. The SMILES string of the molecule is O=C(c1cc2c3ccccc3n3c(=O)c4ccccc4c(n1)c23)N1CCOCC1. The van der Waals surface area contributed by atoms with Crippen LogP contribution < -0.4 is 5.56 Å². The van der Waals surface area contributed by atoms with Gasteiger partial charge in [0.15, 0.2) is 0 Å². The summed E-state index contributed by atoms with van der Waals surface area (Å²) in [5.41, 5.74) is 2.63. The lowest BCUT2D eigenvalue weighted by Gasteiger charge is -2.26. The Morgan fingerprint density at radius 2 is 1.59 bits per heavy atom. The van der Waals surface area contributed by atoms with Crippen molar-refractivity contribution in [3.05, 3.63) is 70.6 Å². The Bertz CT molecular complexity index is 1480. The van der Waals surface area contributed by atoms with Crippen molar-refractivity contribution in [3.8, 4) is 0 Å². The molecule has 1 saturated heterocycles. The van der Waals surface area contributed by atoms with Gasteiger partial charge in [-0.15, -0.1) is 0 Å². The molecule has 0 unspecified atom stereocenters. The first-order valence-electron chi connectivity index (χ1n) is 9.69. The number of nitrogens with zero attached hydrogens (tertiary/aromatic N) is 3. The summed E-state index contributed by atoms with van der Waals surface area (Å²) in [6.07, 6.45) is 0. The number of hydrogen-bond acceptors (Lipinski definition) is 4. The molecule has 6 heteroatoms. The zero-order valence-electron chi connectivity index (χ0n) is 15.6. The third kappa shape index (κ3) is 2.23. The maximum atomic E-state index is 13.3. The summed E-state index contributed by atoms with van der Waals surface area (Å²) in [6.45, 7) is 2.20. The maximum Gasteiger partial charge on any atom is 0.272 e.